The molecule has 2 N–H and O–H groups in total. The van der Waals surface area contributed by atoms with Crippen molar-refractivity contribution >= 4 is 33.4 Å². The van der Waals surface area contributed by atoms with Gasteiger partial charge in [-0.1, -0.05) is 11.6 Å². The van der Waals surface area contributed by atoms with E-state index in [1.165, 1.54) is 0 Å². The molecule has 1 saturated heterocycles. The van der Waals surface area contributed by atoms with Crippen LogP contribution in [0.1, 0.15) is 19.3 Å². The van der Waals surface area contributed by atoms with Crippen LogP contribution in [0.4, 0.5) is 0 Å². The first kappa shape index (κ1) is 15.6. The van der Waals surface area contributed by atoms with E-state index in [1.54, 1.807) is 18.2 Å². The molecule has 0 spiro atoms. The second-order valence-corrected chi connectivity index (χ2v) is 6.21. The number of benzene rings is 1. The highest BCUT2D eigenvalue weighted by molar-refractivity contribution is 9.10. The molecule has 1 atom stereocenters. The summed E-state index contributed by atoms with van der Waals surface area (Å²) >= 11 is 9.24. The molecule has 1 aromatic carbocycles. The van der Waals surface area contributed by atoms with E-state index in [2.05, 4.69) is 15.9 Å². The average Bonchev–Trinajstić information content (AvgIpc) is 2.41. The largest absolute Gasteiger partial charge is 0.492 e. The van der Waals surface area contributed by atoms with E-state index in [-0.39, 0.29) is 11.9 Å². The van der Waals surface area contributed by atoms with E-state index < -0.39 is 0 Å². The first-order chi connectivity index (χ1) is 9.56. The van der Waals surface area contributed by atoms with E-state index in [4.69, 9.17) is 22.1 Å². The van der Waals surface area contributed by atoms with Crippen molar-refractivity contribution in [2.45, 2.75) is 25.3 Å². The molecule has 20 heavy (non-hydrogen) atoms. The maximum atomic E-state index is 12.0. The van der Waals surface area contributed by atoms with Crippen molar-refractivity contribution in [2.75, 3.05) is 19.7 Å². The molecule has 6 heteroatoms. The van der Waals surface area contributed by atoms with Crippen LogP contribution in [0.3, 0.4) is 0 Å². The lowest BCUT2D eigenvalue weighted by Gasteiger charge is -2.30. The molecule has 0 aliphatic carbocycles. The minimum absolute atomic E-state index is 0.102. The highest BCUT2D eigenvalue weighted by Crippen LogP contribution is 2.28. The van der Waals surface area contributed by atoms with E-state index in [1.807, 2.05) is 4.90 Å². The van der Waals surface area contributed by atoms with Crippen molar-refractivity contribution in [3.05, 3.63) is 27.7 Å². The van der Waals surface area contributed by atoms with Gasteiger partial charge >= 0.3 is 0 Å². The Labute approximate surface area is 132 Å². The molecule has 4 nitrogen and oxygen atoms in total. The van der Waals surface area contributed by atoms with Crippen LogP contribution in [0.5, 0.6) is 5.75 Å². The fourth-order valence-electron chi connectivity index (χ4n) is 2.24. The Balaban J connectivity index is 1.79. The van der Waals surface area contributed by atoms with Crippen molar-refractivity contribution in [3.8, 4) is 5.75 Å². The van der Waals surface area contributed by atoms with Crippen LogP contribution in [0.15, 0.2) is 22.7 Å². The zero-order valence-corrected chi connectivity index (χ0v) is 13.5. The summed E-state index contributed by atoms with van der Waals surface area (Å²) in [6, 6.07) is 5.42. The minimum atomic E-state index is 0.102. The fourth-order valence-corrected chi connectivity index (χ4v) is 3.03. The fraction of sp³-hybridized carbons (Fsp3) is 0.500. The number of hydrogen-bond acceptors (Lipinski definition) is 3. The number of hydrogen-bond donors (Lipinski definition) is 1. The number of piperidine rings is 1. The monoisotopic (exact) mass is 360 g/mol. The predicted octanol–water partition coefficient (Wildman–Crippen LogP) is 2.82. The molecule has 2 rings (SSSR count). The van der Waals surface area contributed by atoms with Gasteiger partial charge in [0.15, 0.2) is 0 Å². The molecule has 0 radical (unpaired) electrons. The van der Waals surface area contributed by atoms with Crippen LogP contribution in [0.2, 0.25) is 5.02 Å². The van der Waals surface area contributed by atoms with Gasteiger partial charge in [-0.25, -0.2) is 0 Å². The van der Waals surface area contributed by atoms with Gasteiger partial charge < -0.3 is 15.4 Å². The van der Waals surface area contributed by atoms with Gasteiger partial charge in [-0.2, -0.15) is 0 Å². The summed E-state index contributed by atoms with van der Waals surface area (Å²) < 4.78 is 6.39. The van der Waals surface area contributed by atoms with Crippen molar-refractivity contribution < 1.29 is 9.53 Å². The van der Waals surface area contributed by atoms with E-state index in [0.29, 0.717) is 30.3 Å². The molecular weight excluding hydrogens is 344 g/mol. The van der Waals surface area contributed by atoms with Gasteiger partial charge in [0, 0.05) is 24.2 Å². The smallest absolute Gasteiger partial charge is 0.226 e. The lowest BCUT2D eigenvalue weighted by Crippen LogP contribution is -2.46. The summed E-state index contributed by atoms with van der Waals surface area (Å²) in [6.07, 6.45) is 2.34. The summed E-state index contributed by atoms with van der Waals surface area (Å²) in [7, 11) is 0. The molecule has 0 bridgehead atoms. The Morgan fingerprint density at radius 1 is 1.55 bits per heavy atom. The maximum Gasteiger partial charge on any atom is 0.226 e. The number of likely N-dealkylation sites (tertiary alicyclic amines) is 1. The van der Waals surface area contributed by atoms with E-state index >= 15 is 0 Å². The topological polar surface area (TPSA) is 55.6 Å². The Hall–Kier alpha value is -0.780. The van der Waals surface area contributed by atoms with Gasteiger partial charge in [-0.15, -0.1) is 0 Å². The lowest BCUT2D eigenvalue weighted by molar-refractivity contribution is -0.132. The van der Waals surface area contributed by atoms with Crippen LogP contribution in [-0.2, 0) is 4.79 Å². The average molecular weight is 362 g/mol. The summed E-state index contributed by atoms with van der Waals surface area (Å²) in [4.78, 5) is 13.9. The Morgan fingerprint density at radius 2 is 2.35 bits per heavy atom. The number of nitrogens with two attached hydrogens (primary N) is 1. The third kappa shape index (κ3) is 4.36. The molecule has 1 aromatic rings. The van der Waals surface area contributed by atoms with Crippen molar-refractivity contribution in [3.63, 3.8) is 0 Å². The number of carbonyl (C=O) groups is 1. The number of halogens is 2. The number of amides is 1. The quantitative estimate of drug-likeness (QED) is 0.897. The Kier molecular flexibility index (Phi) is 5.69. The number of nitrogens with zero attached hydrogens (tertiary/aromatic N) is 1. The van der Waals surface area contributed by atoms with Gasteiger partial charge in [-0.3, -0.25) is 4.79 Å². The Bertz CT molecular complexity index is 484. The Morgan fingerprint density at radius 3 is 3.05 bits per heavy atom. The second kappa shape index (κ2) is 7.29. The first-order valence-electron chi connectivity index (χ1n) is 6.67. The first-order valence-corrected chi connectivity index (χ1v) is 7.84. The van der Waals surface area contributed by atoms with Gasteiger partial charge in [0.25, 0.3) is 0 Å². The molecule has 1 aliphatic heterocycles. The third-order valence-electron chi connectivity index (χ3n) is 3.28. The molecular formula is C14H18BrClN2O2. The molecule has 1 amide bonds. The molecule has 1 heterocycles. The molecule has 1 unspecified atom stereocenters. The van der Waals surface area contributed by atoms with Crippen LogP contribution in [-0.4, -0.2) is 36.5 Å². The third-order valence-corrected chi connectivity index (χ3v) is 4.13. The van der Waals surface area contributed by atoms with Crippen LogP contribution < -0.4 is 10.5 Å². The molecule has 1 fully saturated rings. The summed E-state index contributed by atoms with van der Waals surface area (Å²) in [5, 5.41) is 0.641. The SMILES string of the molecule is NC1CCCN(C(=O)CCOc2ccc(Cl)cc2Br)C1. The van der Waals surface area contributed by atoms with Gasteiger partial charge in [0.1, 0.15) is 5.75 Å². The van der Waals surface area contributed by atoms with E-state index in [9.17, 15) is 4.79 Å². The van der Waals surface area contributed by atoms with Crippen molar-refractivity contribution in [2.24, 2.45) is 5.73 Å². The molecule has 0 saturated carbocycles. The summed E-state index contributed by atoms with van der Waals surface area (Å²) in [5.74, 6) is 0.794. The van der Waals surface area contributed by atoms with Crippen LogP contribution in [0, 0.1) is 0 Å². The zero-order chi connectivity index (χ0) is 14.5. The normalized spacial score (nSPS) is 18.9. The second-order valence-electron chi connectivity index (χ2n) is 4.92. The number of carbonyl (C=O) groups excluding carboxylic acids is 1. The lowest BCUT2D eigenvalue weighted by atomic mass is 10.1. The number of rotatable bonds is 4. The summed E-state index contributed by atoms with van der Waals surface area (Å²) in [6.45, 7) is 1.81. The molecule has 110 valence electrons. The van der Waals surface area contributed by atoms with Gasteiger partial charge in [-0.05, 0) is 47.0 Å². The maximum absolute atomic E-state index is 12.0. The highest BCUT2D eigenvalue weighted by Gasteiger charge is 2.20. The van der Waals surface area contributed by atoms with Gasteiger partial charge in [0.05, 0.1) is 17.5 Å². The minimum Gasteiger partial charge on any atom is -0.492 e. The van der Waals surface area contributed by atoms with Crippen molar-refractivity contribution in [1.82, 2.24) is 4.90 Å². The summed E-state index contributed by atoms with van der Waals surface area (Å²) in [5.41, 5.74) is 5.87. The highest BCUT2D eigenvalue weighted by atomic mass is 79.9. The molecule has 0 aromatic heterocycles. The number of ether oxygens (including phenoxy) is 1. The van der Waals surface area contributed by atoms with Gasteiger partial charge in [0.2, 0.25) is 5.91 Å². The van der Waals surface area contributed by atoms with Crippen LogP contribution >= 0.6 is 27.5 Å². The van der Waals surface area contributed by atoms with Crippen molar-refractivity contribution in [1.29, 1.82) is 0 Å². The standard InChI is InChI=1S/C14H18BrClN2O2/c15-12-8-10(16)3-4-13(12)20-7-5-14(19)18-6-1-2-11(17)9-18/h3-4,8,11H,1-2,5-7,9,17H2. The van der Waals surface area contributed by atoms with Crippen LogP contribution in [0.25, 0.3) is 0 Å². The zero-order valence-electron chi connectivity index (χ0n) is 11.1. The molecule has 1 aliphatic rings. The predicted molar refractivity (Wildman–Crippen MR) is 83.1 cm³/mol. The van der Waals surface area contributed by atoms with E-state index in [0.717, 1.165) is 23.9 Å².